The molecule has 3 nitrogen and oxygen atoms in total. The summed E-state index contributed by atoms with van der Waals surface area (Å²) in [6.45, 7) is 2.59. The molecule has 0 unspecified atom stereocenters. The molecule has 0 atom stereocenters. The second-order valence-electron chi connectivity index (χ2n) is 3.70. The Morgan fingerprint density at radius 1 is 1.44 bits per heavy atom. The molecule has 0 spiro atoms. The SMILES string of the molecule is Cc1cnn(-c2cccc(/C=C/CN)c2)c1. The van der Waals surface area contributed by atoms with Gasteiger partial charge >= 0.3 is 0 Å². The predicted molar refractivity (Wildman–Crippen MR) is 66.4 cm³/mol. The van der Waals surface area contributed by atoms with E-state index in [0.717, 1.165) is 16.8 Å². The van der Waals surface area contributed by atoms with Crippen LogP contribution in [0, 0.1) is 6.92 Å². The predicted octanol–water partition coefficient (Wildman–Crippen LogP) is 2.15. The van der Waals surface area contributed by atoms with Gasteiger partial charge in [-0.25, -0.2) is 4.68 Å². The van der Waals surface area contributed by atoms with Crippen LogP contribution in [0.1, 0.15) is 11.1 Å². The summed E-state index contributed by atoms with van der Waals surface area (Å²) in [7, 11) is 0. The number of rotatable bonds is 3. The molecule has 0 aliphatic rings. The van der Waals surface area contributed by atoms with Gasteiger partial charge in [-0.05, 0) is 30.2 Å². The van der Waals surface area contributed by atoms with Gasteiger partial charge in [0, 0.05) is 12.7 Å². The number of nitrogens with two attached hydrogens (primary N) is 1. The molecule has 0 aliphatic carbocycles. The molecule has 2 aromatic rings. The van der Waals surface area contributed by atoms with Crippen molar-refractivity contribution < 1.29 is 0 Å². The maximum atomic E-state index is 5.42. The van der Waals surface area contributed by atoms with E-state index in [-0.39, 0.29) is 0 Å². The van der Waals surface area contributed by atoms with Gasteiger partial charge in [0.1, 0.15) is 0 Å². The van der Waals surface area contributed by atoms with Gasteiger partial charge in [0.15, 0.2) is 0 Å². The van der Waals surface area contributed by atoms with Crippen LogP contribution in [-0.4, -0.2) is 16.3 Å². The lowest BCUT2D eigenvalue weighted by Gasteiger charge is -2.02. The van der Waals surface area contributed by atoms with E-state index in [9.17, 15) is 0 Å². The molecule has 2 rings (SSSR count). The molecule has 1 aromatic heterocycles. The largest absolute Gasteiger partial charge is 0.327 e. The fourth-order valence-electron chi connectivity index (χ4n) is 1.53. The third-order valence-electron chi connectivity index (χ3n) is 2.29. The van der Waals surface area contributed by atoms with Gasteiger partial charge in [-0.15, -0.1) is 0 Å². The zero-order valence-electron chi connectivity index (χ0n) is 9.30. The number of aryl methyl sites for hydroxylation is 1. The second-order valence-corrected chi connectivity index (χ2v) is 3.70. The summed E-state index contributed by atoms with van der Waals surface area (Å²) < 4.78 is 1.87. The van der Waals surface area contributed by atoms with E-state index >= 15 is 0 Å². The van der Waals surface area contributed by atoms with Crippen LogP contribution in [0.4, 0.5) is 0 Å². The van der Waals surface area contributed by atoms with Crippen LogP contribution in [0.2, 0.25) is 0 Å². The standard InChI is InChI=1S/C13H15N3/c1-11-9-15-16(10-11)13-6-2-4-12(8-13)5-3-7-14/h2-6,8-10H,7,14H2,1H3/b5-3+. The van der Waals surface area contributed by atoms with Gasteiger partial charge in [-0.3, -0.25) is 0 Å². The van der Waals surface area contributed by atoms with Crippen LogP contribution in [0.15, 0.2) is 42.7 Å². The van der Waals surface area contributed by atoms with Crippen LogP contribution in [0.25, 0.3) is 11.8 Å². The first kappa shape index (κ1) is 10.6. The van der Waals surface area contributed by atoms with E-state index in [0.29, 0.717) is 6.54 Å². The van der Waals surface area contributed by atoms with Crippen LogP contribution in [0.3, 0.4) is 0 Å². The molecular formula is C13H15N3. The lowest BCUT2D eigenvalue weighted by Crippen LogP contribution is -1.94. The van der Waals surface area contributed by atoms with Gasteiger partial charge in [-0.2, -0.15) is 5.10 Å². The molecule has 0 saturated carbocycles. The topological polar surface area (TPSA) is 43.8 Å². The first-order valence-electron chi connectivity index (χ1n) is 5.28. The smallest absolute Gasteiger partial charge is 0.0651 e. The van der Waals surface area contributed by atoms with Crippen LogP contribution >= 0.6 is 0 Å². The molecule has 0 bridgehead atoms. The second kappa shape index (κ2) is 4.77. The summed E-state index contributed by atoms with van der Waals surface area (Å²) in [6, 6.07) is 8.18. The molecule has 2 N–H and O–H groups in total. The van der Waals surface area contributed by atoms with Gasteiger partial charge in [0.05, 0.1) is 11.9 Å². The zero-order chi connectivity index (χ0) is 11.4. The highest BCUT2D eigenvalue weighted by Gasteiger charge is 1.97. The van der Waals surface area contributed by atoms with Crippen molar-refractivity contribution in [3.63, 3.8) is 0 Å². The summed E-state index contributed by atoms with van der Waals surface area (Å²) in [5, 5.41) is 4.28. The van der Waals surface area contributed by atoms with Crippen LogP contribution in [0.5, 0.6) is 0 Å². The fourth-order valence-corrected chi connectivity index (χ4v) is 1.53. The first-order valence-corrected chi connectivity index (χ1v) is 5.28. The molecule has 0 amide bonds. The molecule has 1 aromatic carbocycles. The maximum Gasteiger partial charge on any atom is 0.0651 e. The third-order valence-corrected chi connectivity index (χ3v) is 2.29. The average Bonchev–Trinajstić information content (AvgIpc) is 2.74. The average molecular weight is 213 g/mol. The molecule has 0 fully saturated rings. The number of benzene rings is 1. The molecule has 0 aliphatic heterocycles. The number of aromatic nitrogens is 2. The molecule has 0 radical (unpaired) electrons. The van der Waals surface area contributed by atoms with E-state index in [1.54, 1.807) is 0 Å². The lowest BCUT2D eigenvalue weighted by atomic mass is 10.2. The Labute approximate surface area is 95.2 Å². The van der Waals surface area contributed by atoms with E-state index < -0.39 is 0 Å². The van der Waals surface area contributed by atoms with Crippen molar-refractivity contribution in [2.24, 2.45) is 5.73 Å². The molecule has 3 heteroatoms. The van der Waals surface area contributed by atoms with Crippen molar-refractivity contribution in [3.8, 4) is 5.69 Å². The normalized spacial score (nSPS) is 11.1. The zero-order valence-corrected chi connectivity index (χ0v) is 9.30. The van der Waals surface area contributed by atoms with E-state index in [1.165, 1.54) is 0 Å². The van der Waals surface area contributed by atoms with E-state index in [4.69, 9.17) is 5.73 Å². The number of nitrogens with zero attached hydrogens (tertiary/aromatic N) is 2. The molecule has 1 heterocycles. The van der Waals surface area contributed by atoms with Crippen molar-refractivity contribution >= 4 is 6.08 Å². The maximum absolute atomic E-state index is 5.42. The van der Waals surface area contributed by atoms with Crippen molar-refractivity contribution in [3.05, 3.63) is 53.9 Å². The first-order chi connectivity index (χ1) is 7.79. The highest BCUT2D eigenvalue weighted by molar-refractivity contribution is 5.53. The summed E-state index contributed by atoms with van der Waals surface area (Å²) in [4.78, 5) is 0. The summed E-state index contributed by atoms with van der Waals surface area (Å²) in [6.07, 6.45) is 7.81. The molecule has 16 heavy (non-hydrogen) atoms. The monoisotopic (exact) mass is 213 g/mol. The van der Waals surface area contributed by atoms with Crippen LogP contribution < -0.4 is 5.73 Å². The van der Waals surface area contributed by atoms with Crippen molar-refractivity contribution in [2.75, 3.05) is 6.54 Å². The van der Waals surface area contributed by atoms with Crippen LogP contribution in [-0.2, 0) is 0 Å². The van der Waals surface area contributed by atoms with Crippen molar-refractivity contribution in [1.29, 1.82) is 0 Å². The van der Waals surface area contributed by atoms with Crippen molar-refractivity contribution in [2.45, 2.75) is 6.92 Å². The minimum Gasteiger partial charge on any atom is -0.327 e. The fraction of sp³-hybridized carbons (Fsp3) is 0.154. The minimum atomic E-state index is 0.561. The number of hydrogen-bond acceptors (Lipinski definition) is 2. The van der Waals surface area contributed by atoms with Gasteiger partial charge in [0.2, 0.25) is 0 Å². The summed E-state index contributed by atoms with van der Waals surface area (Å²) in [5.41, 5.74) is 8.78. The van der Waals surface area contributed by atoms with Crippen molar-refractivity contribution in [1.82, 2.24) is 9.78 Å². The van der Waals surface area contributed by atoms with Gasteiger partial charge < -0.3 is 5.73 Å². The molecule has 82 valence electrons. The Kier molecular flexibility index (Phi) is 3.17. The Morgan fingerprint density at radius 2 is 2.31 bits per heavy atom. The Morgan fingerprint density at radius 3 is 3.00 bits per heavy atom. The highest BCUT2D eigenvalue weighted by atomic mass is 15.3. The molecule has 0 saturated heterocycles. The van der Waals surface area contributed by atoms with E-state index in [2.05, 4.69) is 11.2 Å². The Balaban J connectivity index is 2.32. The third kappa shape index (κ3) is 2.38. The Hall–Kier alpha value is -1.87. The van der Waals surface area contributed by atoms with Gasteiger partial charge in [0.25, 0.3) is 0 Å². The quantitative estimate of drug-likeness (QED) is 0.849. The number of hydrogen-bond donors (Lipinski definition) is 1. The minimum absolute atomic E-state index is 0.561. The van der Waals surface area contributed by atoms with E-state index in [1.807, 2.05) is 54.4 Å². The summed E-state index contributed by atoms with van der Waals surface area (Å²) >= 11 is 0. The molecular weight excluding hydrogens is 198 g/mol. The summed E-state index contributed by atoms with van der Waals surface area (Å²) in [5.74, 6) is 0. The lowest BCUT2D eigenvalue weighted by molar-refractivity contribution is 0.880. The highest BCUT2D eigenvalue weighted by Crippen LogP contribution is 2.11. The Bertz CT molecular complexity index is 497. The van der Waals surface area contributed by atoms with Gasteiger partial charge in [-0.1, -0.05) is 24.3 Å².